The molecule has 0 fully saturated rings. The van der Waals surface area contributed by atoms with Gasteiger partial charge in [-0.15, -0.1) is 11.3 Å². The predicted molar refractivity (Wildman–Crippen MR) is 135 cm³/mol. The number of nitrogens with two attached hydrogens (primary N) is 1. The monoisotopic (exact) mass is 418 g/mol. The van der Waals surface area contributed by atoms with Gasteiger partial charge in [0.15, 0.2) is 0 Å². The zero-order valence-electron chi connectivity index (χ0n) is 18.9. The van der Waals surface area contributed by atoms with Gasteiger partial charge in [-0.05, 0) is 64.6 Å². The first-order valence-corrected chi connectivity index (χ1v) is 11.9. The number of aryl methyl sites for hydroxylation is 1. The van der Waals surface area contributed by atoms with E-state index in [1.807, 2.05) is 13.8 Å². The highest BCUT2D eigenvalue weighted by Crippen LogP contribution is 2.48. The molecule has 0 amide bonds. The van der Waals surface area contributed by atoms with Crippen LogP contribution in [0.25, 0.3) is 28.0 Å². The van der Waals surface area contributed by atoms with Crippen molar-refractivity contribution in [2.24, 2.45) is 11.7 Å². The Morgan fingerprint density at radius 1 is 1.00 bits per heavy atom. The number of nitrogens with one attached hydrogen (secondary N) is 1. The highest BCUT2D eigenvalue weighted by Gasteiger charge is 2.25. The number of hydrogen-bond acceptors (Lipinski definition) is 3. The first kappa shape index (κ1) is 22.3. The van der Waals surface area contributed by atoms with E-state index in [1.54, 1.807) is 11.3 Å². The van der Waals surface area contributed by atoms with E-state index in [2.05, 4.69) is 80.5 Å². The Morgan fingerprint density at radius 3 is 2.30 bits per heavy atom. The molecule has 1 aliphatic rings. The maximum Gasteiger partial charge on any atom is 0.0578 e. The molecule has 1 unspecified atom stereocenters. The Hall–Kier alpha value is -2.36. The standard InChI is InChI=1S/C25H28N2S.C2H6/c1-5-17-10-11-22-24(20-12-13-28-25(20)16(4)27-22)23(17)19-8-6-18(7-9-19)21(14-26)15(2)3;1-2/h6-13,15,21,27H,4-5,14,26H2,1-3H3;1-2H3. The summed E-state index contributed by atoms with van der Waals surface area (Å²) in [6.45, 7) is 15.6. The number of thiophene rings is 1. The van der Waals surface area contributed by atoms with Gasteiger partial charge in [-0.3, -0.25) is 0 Å². The molecule has 1 atom stereocenters. The van der Waals surface area contributed by atoms with Crippen LogP contribution in [0.4, 0.5) is 5.69 Å². The van der Waals surface area contributed by atoms with Crippen LogP contribution < -0.4 is 11.1 Å². The molecule has 3 N–H and O–H groups in total. The van der Waals surface area contributed by atoms with Crippen molar-refractivity contribution < 1.29 is 0 Å². The maximum atomic E-state index is 6.03. The van der Waals surface area contributed by atoms with Crippen molar-refractivity contribution in [2.75, 3.05) is 11.9 Å². The summed E-state index contributed by atoms with van der Waals surface area (Å²) in [7, 11) is 0. The number of hydrogen-bond donors (Lipinski definition) is 2. The van der Waals surface area contributed by atoms with Crippen LogP contribution in [-0.4, -0.2) is 6.54 Å². The van der Waals surface area contributed by atoms with Crippen molar-refractivity contribution in [3.8, 4) is 22.3 Å². The van der Waals surface area contributed by atoms with Crippen molar-refractivity contribution in [3.05, 3.63) is 70.4 Å². The highest BCUT2D eigenvalue weighted by molar-refractivity contribution is 7.11. The average Bonchev–Trinajstić information content (AvgIpc) is 3.26. The van der Waals surface area contributed by atoms with Crippen molar-refractivity contribution in [1.82, 2.24) is 0 Å². The second-order valence-electron chi connectivity index (χ2n) is 7.85. The topological polar surface area (TPSA) is 38.0 Å². The molecule has 0 radical (unpaired) electrons. The SMILES string of the molecule is C=C1Nc2ccc(CC)c(-c3ccc(C(CN)C(C)C)cc3)c2-c2ccsc21.CC. The van der Waals surface area contributed by atoms with E-state index in [1.165, 1.54) is 38.3 Å². The van der Waals surface area contributed by atoms with Gasteiger partial charge in [0, 0.05) is 22.5 Å². The van der Waals surface area contributed by atoms with E-state index in [0.29, 0.717) is 18.4 Å². The normalized spacial score (nSPS) is 13.1. The van der Waals surface area contributed by atoms with Crippen LogP contribution in [0.5, 0.6) is 0 Å². The molecule has 1 aliphatic heterocycles. The van der Waals surface area contributed by atoms with Crippen LogP contribution in [0.1, 0.15) is 56.5 Å². The smallest absolute Gasteiger partial charge is 0.0578 e. The zero-order chi connectivity index (χ0) is 21.8. The number of anilines is 1. The van der Waals surface area contributed by atoms with Crippen LogP contribution in [0, 0.1) is 5.92 Å². The lowest BCUT2D eigenvalue weighted by Crippen LogP contribution is -2.17. The number of fused-ring (bicyclic) bond motifs is 3. The first-order chi connectivity index (χ1) is 14.5. The minimum Gasteiger partial charge on any atom is -0.354 e. The molecule has 2 aromatic carbocycles. The summed E-state index contributed by atoms with van der Waals surface area (Å²) in [5.41, 5.74) is 16.1. The van der Waals surface area contributed by atoms with E-state index in [9.17, 15) is 0 Å². The molecule has 0 saturated heterocycles. The van der Waals surface area contributed by atoms with E-state index < -0.39 is 0 Å². The lowest BCUT2D eigenvalue weighted by molar-refractivity contribution is 0.506. The quantitative estimate of drug-likeness (QED) is 0.444. The molecule has 3 heteroatoms. The second-order valence-corrected chi connectivity index (χ2v) is 8.77. The molecular formula is C27H34N2S. The van der Waals surface area contributed by atoms with Crippen molar-refractivity contribution >= 4 is 22.7 Å². The Balaban J connectivity index is 0.00000124. The van der Waals surface area contributed by atoms with Gasteiger partial charge in [-0.1, -0.05) is 71.5 Å². The minimum absolute atomic E-state index is 0.401. The van der Waals surface area contributed by atoms with E-state index >= 15 is 0 Å². The molecule has 0 bridgehead atoms. The van der Waals surface area contributed by atoms with Crippen molar-refractivity contribution in [1.29, 1.82) is 0 Å². The summed E-state index contributed by atoms with van der Waals surface area (Å²) >= 11 is 1.75. The summed E-state index contributed by atoms with van der Waals surface area (Å²) in [5.74, 6) is 0.938. The zero-order valence-corrected chi connectivity index (χ0v) is 19.7. The van der Waals surface area contributed by atoms with E-state index in [-0.39, 0.29) is 0 Å². The van der Waals surface area contributed by atoms with Crippen molar-refractivity contribution in [2.45, 2.75) is 47.0 Å². The summed E-state index contributed by atoms with van der Waals surface area (Å²) in [4.78, 5) is 1.24. The predicted octanol–water partition coefficient (Wildman–Crippen LogP) is 7.77. The Bertz CT molecular complexity index is 1010. The average molecular weight is 419 g/mol. The fourth-order valence-electron chi connectivity index (χ4n) is 4.30. The van der Waals surface area contributed by atoms with Crippen LogP contribution >= 0.6 is 11.3 Å². The van der Waals surface area contributed by atoms with Crippen LogP contribution in [0.15, 0.2) is 54.4 Å². The fraction of sp³-hybridized carbons (Fsp3) is 0.333. The highest BCUT2D eigenvalue weighted by atomic mass is 32.1. The van der Waals surface area contributed by atoms with E-state index in [0.717, 1.165) is 17.8 Å². The van der Waals surface area contributed by atoms with Crippen molar-refractivity contribution in [3.63, 3.8) is 0 Å². The summed E-state index contributed by atoms with van der Waals surface area (Å²) in [6.07, 6.45) is 1.00. The molecule has 3 aromatic rings. The lowest BCUT2D eigenvalue weighted by Gasteiger charge is -2.26. The lowest BCUT2D eigenvalue weighted by atomic mass is 9.84. The Morgan fingerprint density at radius 2 is 1.70 bits per heavy atom. The van der Waals surface area contributed by atoms with Gasteiger partial charge in [0.05, 0.1) is 4.88 Å². The summed E-state index contributed by atoms with van der Waals surface area (Å²) < 4.78 is 0. The molecule has 158 valence electrons. The van der Waals surface area contributed by atoms with Gasteiger partial charge < -0.3 is 11.1 Å². The summed E-state index contributed by atoms with van der Waals surface area (Å²) in [5, 5.41) is 5.68. The maximum absolute atomic E-state index is 6.03. The van der Waals surface area contributed by atoms with Gasteiger partial charge in [-0.2, -0.15) is 0 Å². The molecule has 0 saturated carbocycles. The number of benzene rings is 2. The Labute approximate surface area is 185 Å². The summed E-state index contributed by atoms with van der Waals surface area (Å²) in [6, 6.07) is 15.7. The molecule has 4 rings (SSSR count). The fourth-order valence-corrected chi connectivity index (χ4v) is 5.13. The van der Waals surface area contributed by atoms with Crippen LogP contribution in [0.3, 0.4) is 0 Å². The largest absolute Gasteiger partial charge is 0.354 e. The first-order valence-electron chi connectivity index (χ1n) is 11.1. The molecule has 1 aromatic heterocycles. The molecule has 2 heterocycles. The molecule has 0 spiro atoms. The van der Waals surface area contributed by atoms with Gasteiger partial charge in [0.2, 0.25) is 0 Å². The third-order valence-corrected chi connectivity index (χ3v) is 6.83. The van der Waals surface area contributed by atoms with Gasteiger partial charge in [-0.25, -0.2) is 0 Å². The van der Waals surface area contributed by atoms with Crippen LogP contribution in [-0.2, 0) is 6.42 Å². The minimum atomic E-state index is 0.401. The molecule has 0 aliphatic carbocycles. The second kappa shape index (κ2) is 9.63. The van der Waals surface area contributed by atoms with Gasteiger partial charge in [0.1, 0.15) is 0 Å². The molecule has 30 heavy (non-hydrogen) atoms. The third-order valence-electron chi connectivity index (χ3n) is 5.85. The Kier molecular flexibility index (Phi) is 7.17. The molecule has 2 nitrogen and oxygen atoms in total. The van der Waals surface area contributed by atoms with Crippen LogP contribution in [0.2, 0.25) is 0 Å². The van der Waals surface area contributed by atoms with Gasteiger partial charge in [0.25, 0.3) is 0 Å². The van der Waals surface area contributed by atoms with E-state index in [4.69, 9.17) is 5.73 Å². The third kappa shape index (κ3) is 3.97. The van der Waals surface area contributed by atoms with Gasteiger partial charge >= 0.3 is 0 Å². The molecular weight excluding hydrogens is 384 g/mol. The number of rotatable bonds is 5.